The minimum Gasteiger partial charge on any atom is -0.382 e. The highest BCUT2D eigenvalue weighted by atomic mass is 79.9. The van der Waals surface area contributed by atoms with Gasteiger partial charge in [-0.2, -0.15) is 5.26 Å². The standard InChI is InChI=1S/C14H18BrN3/c1-18-7-3-2-4-13(18)10-17-14-6-5-12(15)8-11(14)9-16/h5-6,8,13,17H,2-4,7,10H2,1H3. The van der Waals surface area contributed by atoms with Gasteiger partial charge in [0.1, 0.15) is 6.07 Å². The van der Waals surface area contributed by atoms with Crippen molar-refractivity contribution in [2.75, 3.05) is 25.5 Å². The first-order valence-corrected chi connectivity index (χ1v) is 7.14. The van der Waals surface area contributed by atoms with E-state index in [1.165, 1.54) is 25.8 Å². The van der Waals surface area contributed by atoms with Crippen molar-refractivity contribution in [3.05, 3.63) is 28.2 Å². The van der Waals surface area contributed by atoms with Crippen LogP contribution >= 0.6 is 15.9 Å². The molecule has 96 valence electrons. The number of anilines is 1. The van der Waals surface area contributed by atoms with E-state index < -0.39 is 0 Å². The fourth-order valence-electron chi connectivity index (χ4n) is 2.39. The zero-order valence-electron chi connectivity index (χ0n) is 10.6. The molecule has 0 radical (unpaired) electrons. The highest BCUT2D eigenvalue weighted by molar-refractivity contribution is 9.10. The first-order chi connectivity index (χ1) is 8.70. The van der Waals surface area contributed by atoms with Crippen molar-refractivity contribution in [1.29, 1.82) is 5.26 Å². The van der Waals surface area contributed by atoms with Gasteiger partial charge in [0, 0.05) is 17.1 Å². The summed E-state index contributed by atoms with van der Waals surface area (Å²) in [6, 6.07) is 8.59. The molecule has 1 N–H and O–H groups in total. The first-order valence-electron chi connectivity index (χ1n) is 6.34. The zero-order chi connectivity index (χ0) is 13.0. The highest BCUT2D eigenvalue weighted by Crippen LogP contribution is 2.21. The third-order valence-corrected chi connectivity index (χ3v) is 4.04. The molecule has 1 atom stereocenters. The Morgan fingerprint density at radius 2 is 2.33 bits per heavy atom. The molecule has 0 aliphatic carbocycles. The maximum atomic E-state index is 9.11. The van der Waals surface area contributed by atoms with Crippen LogP contribution in [0.15, 0.2) is 22.7 Å². The monoisotopic (exact) mass is 307 g/mol. The molecule has 0 aromatic heterocycles. The first kappa shape index (κ1) is 13.4. The molecule has 1 heterocycles. The Bertz CT molecular complexity index is 453. The minimum absolute atomic E-state index is 0.578. The average molecular weight is 308 g/mol. The lowest BCUT2D eigenvalue weighted by Crippen LogP contribution is -2.40. The van der Waals surface area contributed by atoms with E-state index in [1.807, 2.05) is 18.2 Å². The van der Waals surface area contributed by atoms with Crippen LogP contribution in [-0.2, 0) is 0 Å². The fraction of sp³-hybridized carbons (Fsp3) is 0.500. The molecule has 1 aromatic carbocycles. The van der Waals surface area contributed by atoms with Crippen LogP contribution in [0.1, 0.15) is 24.8 Å². The topological polar surface area (TPSA) is 39.1 Å². The molecule has 0 spiro atoms. The summed E-state index contributed by atoms with van der Waals surface area (Å²) >= 11 is 3.39. The Morgan fingerprint density at radius 3 is 3.06 bits per heavy atom. The van der Waals surface area contributed by atoms with E-state index in [-0.39, 0.29) is 0 Å². The van der Waals surface area contributed by atoms with E-state index in [2.05, 4.69) is 39.3 Å². The summed E-state index contributed by atoms with van der Waals surface area (Å²) in [5.41, 5.74) is 1.63. The van der Waals surface area contributed by atoms with E-state index >= 15 is 0 Å². The van der Waals surface area contributed by atoms with E-state index in [9.17, 15) is 0 Å². The summed E-state index contributed by atoms with van der Waals surface area (Å²) in [5.74, 6) is 0. The Hall–Kier alpha value is -1.05. The molecule has 18 heavy (non-hydrogen) atoms. The van der Waals surface area contributed by atoms with E-state index in [0.717, 1.165) is 16.7 Å². The molecule has 1 aliphatic rings. The Balaban J connectivity index is 1.99. The number of nitriles is 1. The van der Waals surface area contributed by atoms with Crippen molar-refractivity contribution in [1.82, 2.24) is 4.90 Å². The van der Waals surface area contributed by atoms with Gasteiger partial charge in [0.15, 0.2) is 0 Å². The van der Waals surface area contributed by atoms with Crippen LogP contribution in [0.25, 0.3) is 0 Å². The van der Waals surface area contributed by atoms with Crippen LogP contribution in [0.3, 0.4) is 0 Å². The Labute approximate surface area is 117 Å². The molecule has 1 unspecified atom stereocenters. The lowest BCUT2D eigenvalue weighted by atomic mass is 10.0. The normalized spacial score (nSPS) is 20.4. The predicted molar refractivity (Wildman–Crippen MR) is 77.6 cm³/mol. The van der Waals surface area contributed by atoms with Crippen molar-refractivity contribution in [2.24, 2.45) is 0 Å². The number of benzene rings is 1. The quantitative estimate of drug-likeness (QED) is 0.932. The third kappa shape index (κ3) is 3.24. The van der Waals surface area contributed by atoms with Crippen LogP contribution in [0.4, 0.5) is 5.69 Å². The lowest BCUT2D eigenvalue weighted by molar-refractivity contribution is 0.194. The smallest absolute Gasteiger partial charge is 0.101 e. The molecule has 0 saturated carbocycles. The van der Waals surface area contributed by atoms with Crippen LogP contribution < -0.4 is 5.32 Å². The van der Waals surface area contributed by atoms with Gasteiger partial charge < -0.3 is 10.2 Å². The predicted octanol–water partition coefficient (Wildman–Crippen LogP) is 3.22. The van der Waals surface area contributed by atoms with Crippen LogP contribution in [0.2, 0.25) is 0 Å². The van der Waals surface area contributed by atoms with Gasteiger partial charge in [-0.3, -0.25) is 0 Å². The summed E-state index contributed by atoms with van der Waals surface area (Å²) in [7, 11) is 2.18. The van der Waals surface area contributed by atoms with E-state index in [1.54, 1.807) is 0 Å². The molecule has 0 bridgehead atoms. The largest absolute Gasteiger partial charge is 0.382 e. The summed E-state index contributed by atoms with van der Waals surface area (Å²) < 4.78 is 0.944. The lowest BCUT2D eigenvalue weighted by Gasteiger charge is -2.32. The number of likely N-dealkylation sites (tertiary alicyclic amines) is 1. The molecule has 2 rings (SSSR count). The van der Waals surface area contributed by atoms with Crippen molar-refractivity contribution in [2.45, 2.75) is 25.3 Å². The second-order valence-electron chi connectivity index (χ2n) is 4.81. The van der Waals surface area contributed by atoms with Crippen LogP contribution in [-0.4, -0.2) is 31.1 Å². The van der Waals surface area contributed by atoms with Crippen molar-refractivity contribution in [3.8, 4) is 6.07 Å². The summed E-state index contributed by atoms with van der Waals surface area (Å²) in [4.78, 5) is 2.40. The second-order valence-corrected chi connectivity index (χ2v) is 5.73. The molecule has 0 amide bonds. The number of nitrogens with one attached hydrogen (secondary N) is 1. The van der Waals surface area contributed by atoms with Gasteiger partial charge in [-0.15, -0.1) is 0 Å². The van der Waals surface area contributed by atoms with Crippen LogP contribution in [0, 0.1) is 11.3 Å². The molecule has 3 nitrogen and oxygen atoms in total. The van der Waals surface area contributed by atoms with E-state index in [0.29, 0.717) is 11.6 Å². The zero-order valence-corrected chi connectivity index (χ0v) is 12.2. The molecule has 1 aromatic rings. The Kier molecular flexibility index (Phi) is 4.62. The SMILES string of the molecule is CN1CCCCC1CNc1ccc(Br)cc1C#N. The fourth-order valence-corrected chi connectivity index (χ4v) is 2.75. The number of likely N-dealkylation sites (N-methyl/N-ethyl adjacent to an activating group) is 1. The molecule has 1 aliphatic heterocycles. The summed E-state index contributed by atoms with van der Waals surface area (Å²) in [6.07, 6.45) is 3.85. The molecular weight excluding hydrogens is 290 g/mol. The number of piperidine rings is 1. The van der Waals surface area contributed by atoms with Crippen molar-refractivity contribution < 1.29 is 0 Å². The summed E-state index contributed by atoms with van der Waals surface area (Å²) in [5, 5.41) is 12.5. The number of halogens is 1. The van der Waals surface area contributed by atoms with Gasteiger partial charge in [0.2, 0.25) is 0 Å². The molecule has 4 heteroatoms. The molecular formula is C14H18BrN3. The van der Waals surface area contributed by atoms with E-state index in [4.69, 9.17) is 5.26 Å². The maximum absolute atomic E-state index is 9.11. The van der Waals surface area contributed by atoms with Gasteiger partial charge in [0.25, 0.3) is 0 Å². The Morgan fingerprint density at radius 1 is 1.50 bits per heavy atom. The van der Waals surface area contributed by atoms with Crippen molar-refractivity contribution >= 4 is 21.6 Å². The van der Waals surface area contributed by atoms with Gasteiger partial charge in [-0.25, -0.2) is 0 Å². The maximum Gasteiger partial charge on any atom is 0.101 e. The van der Waals surface area contributed by atoms with Gasteiger partial charge >= 0.3 is 0 Å². The van der Waals surface area contributed by atoms with Gasteiger partial charge in [0.05, 0.1) is 11.3 Å². The third-order valence-electron chi connectivity index (χ3n) is 3.55. The number of hydrogen-bond donors (Lipinski definition) is 1. The van der Waals surface area contributed by atoms with Gasteiger partial charge in [-0.05, 0) is 44.6 Å². The molecule has 1 fully saturated rings. The minimum atomic E-state index is 0.578. The number of rotatable bonds is 3. The van der Waals surface area contributed by atoms with Crippen molar-refractivity contribution in [3.63, 3.8) is 0 Å². The number of nitrogens with zero attached hydrogens (tertiary/aromatic N) is 2. The highest BCUT2D eigenvalue weighted by Gasteiger charge is 2.18. The summed E-state index contributed by atoms with van der Waals surface area (Å²) in [6.45, 7) is 2.09. The van der Waals surface area contributed by atoms with Gasteiger partial charge in [-0.1, -0.05) is 22.4 Å². The average Bonchev–Trinajstić information content (AvgIpc) is 2.39. The second kappa shape index (κ2) is 6.21. The number of hydrogen-bond acceptors (Lipinski definition) is 3. The van der Waals surface area contributed by atoms with Crippen LogP contribution in [0.5, 0.6) is 0 Å². The molecule has 1 saturated heterocycles.